The Labute approximate surface area is 91.3 Å². The number of hydrogen-bond donors (Lipinski definition) is 2. The van der Waals surface area contributed by atoms with Crippen LogP contribution < -0.4 is 11.1 Å². The zero-order chi connectivity index (χ0) is 11.3. The zero-order valence-electron chi connectivity index (χ0n) is 9.70. The lowest BCUT2D eigenvalue weighted by Crippen LogP contribution is -2.28. The van der Waals surface area contributed by atoms with Gasteiger partial charge in [0.15, 0.2) is 0 Å². The largest absolute Gasteiger partial charge is 0.367 e. The molecule has 1 unspecified atom stereocenters. The van der Waals surface area contributed by atoms with Crippen LogP contribution in [0.1, 0.15) is 26.1 Å². The topological polar surface area (TPSA) is 63.8 Å². The van der Waals surface area contributed by atoms with Gasteiger partial charge in [0.2, 0.25) is 0 Å². The van der Waals surface area contributed by atoms with E-state index in [2.05, 4.69) is 29.1 Å². The van der Waals surface area contributed by atoms with Gasteiger partial charge in [-0.25, -0.2) is 9.97 Å². The number of nitrogens with one attached hydrogen (secondary N) is 1. The Kier molecular flexibility index (Phi) is 4.49. The molecule has 1 heterocycles. The average molecular weight is 208 g/mol. The molecule has 4 nitrogen and oxygen atoms in total. The summed E-state index contributed by atoms with van der Waals surface area (Å²) >= 11 is 0. The molecule has 1 rings (SSSR count). The second-order valence-corrected chi connectivity index (χ2v) is 4.06. The highest BCUT2D eigenvalue weighted by Crippen LogP contribution is 2.12. The summed E-state index contributed by atoms with van der Waals surface area (Å²) in [5.74, 6) is 2.22. The molecule has 1 aromatic rings. The van der Waals surface area contributed by atoms with E-state index in [1.165, 1.54) is 0 Å². The van der Waals surface area contributed by atoms with Gasteiger partial charge in [-0.15, -0.1) is 0 Å². The molecular weight excluding hydrogens is 188 g/mol. The van der Waals surface area contributed by atoms with E-state index in [4.69, 9.17) is 5.73 Å². The van der Waals surface area contributed by atoms with E-state index in [-0.39, 0.29) is 0 Å². The van der Waals surface area contributed by atoms with Crippen LogP contribution in [0.25, 0.3) is 0 Å². The van der Waals surface area contributed by atoms with Gasteiger partial charge in [0.05, 0.1) is 0 Å². The lowest BCUT2D eigenvalue weighted by Gasteiger charge is -2.22. The first-order valence-electron chi connectivity index (χ1n) is 5.39. The normalized spacial score (nSPS) is 12.9. The molecule has 3 N–H and O–H groups in total. The number of nitrogens with two attached hydrogens (primary N) is 1. The molecule has 84 valence electrons. The fourth-order valence-corrected chi connectivity index (χ4v) is 1.48. The molecule has 0 amide bonds. The molecule has 0 radical (unpaired) electrons. The van der Waals surface area contributed by atoms with Crippen molar-refractivity contribution < 1.29 is 0 Å². The summed E-state index contributed by atoms with van der Waals surface area (Å²) in [7, 11) is 0. The van der Waals surface area contributed by atoms with E-state index < -0.39 is 0 Å². The van der Waals surface area contributed by atoms with Crippen LogP contribution in [0.5, 0.6) is 0 Å². The molecule has 0 aliphatic heterocycles. The van der Waals surface area contributed by atoms with Crippen molar-refractivity contribution in [2.75, 3.05) is 11.9 Å². The predicted octanol–water partition coefficient (Wildman–Crippen LogP) is 1.57. The van der Waals surface area contributed by atoms with E-state index in [1.807, 2.05) is 13.0 Å². The number of aromatic nitrogens is 2. The monoisotopic (exact) mass is 208 g/mol. The summed E-state index contributed by atoms with van der Waals surface area (Å²) in [4.78, 5) is 8.38. The Morgan fingerprint density at radius 2 is 2.20 bits per heavy atom. The van der Waals surface area contributed by atoms with Crippen molar-refractivity contribution in [3.8, 4) is 0 Å². The van der Waals surface area contributed by atoms with Crippen LogP contribution in [0, 0.1) is 12.8 Å². The minimum Gasteiger partial charge on any atom is -0.367 e. The van der Waals surface area contributed by atoms with Crippen LogP contribution in [-0.2, 0) is 0 Å². The van der Waals surface area contributed by atoms with Gasteiger partial charge in [-0.2, -0.15) is 0 Å². The van der Waals surface area contributed by atoms with Crippen molar-refractivity contribution in [1.29, 1.82) is 0 Å². The van der Waals surface area contributed by atoms with Gasteiger partial charge >= 0.3 is 0 Å². The Hall–Kier alpha value is -1.16. The molecule has 0 aliphatic carbocycles. The molecule has 4 heteroatoms. The third-order valence-corrected chi connectivity index (χ3v) is 2.39. The van der Waals surface area contributed by atoms with E-state index in [0.29, 0.717) is 18.5 Å². The fraction of sp³-hybridized carbons (Fsp3) is 0.636. The Bertz CT molecular complexity index is 298. The minimum absolute atomic E-state index is 0.379. The van der Waals surface area contributed by atoms with E-state index in [1.54, 1.807) is 6.20 Å². The van der Waals surface area contributed by atoms with Gasteiger partial charge in [0.25, 0.3) is 0 Å². The van der Waals surface area contributed by atoms with Crippen LogP contribution >= 0.6 is 0 Å². The minimum atomic E-state index is 0.379. The second kappa shape index (κ2) is 5.66. The SMILES string of the molecule is Cc1nccc(NC(CCN)C(C)C)n1. The molecule has 0 aromatic carbocycles. The Morgan fingerprint density at radius 3 is 2.73 bits per heavy atom. The average Bonchev–Trinajstić information content (AvgIpc) is 2.17. The third kappa shape index (κ3) is 3.83. The summed E-state index contributed by atoms with van der Waals surface area (Å²) in [5, 5.41) is 3.39. The summed E-state index contributed by atoms with van der Waals surface area (Å²) < 4.78 is 0. The summed E-state index contributed by atoms with van der Waals surface area (Å²) in [6.07, 6.45) is 2.73. The van der Waals surface area contributed by atoms with Gasteiger partial charge < -0.3 is 11.1 Å². The molecule has 0 fully saturated rings. The highest BCUT2D eigenvalue weighted by atomic mass is 15.0. The first-order chi connectivity index (χ1) is 7.13. The van der Waals surface area contributed by atoms with E-state index in [0.717, 1.165) is 18.1 Å². The summed E-state index contributed by atoms with van der Waals surface area (Å²) in [6, 6.07) is 2.27. The van der Waals surface area contributed by atoms with Crippen molar-refractivity contribution >= 4 is 5.82 Å². The van der Waals surface area contributed by atoms with Gasteiger partial charge in [-0.05, 0) is 31.9 Å². The highest BCUT2D eigenvalue weighted by molar-refractivity contribution is 5.34. The molecule has 0 saturated carbocycles. The lowest BCUT2D eigenvalue weighted by atomic mass is 10.0. The molecule has 0 bridgehead atoms. The van der Waals surface area contributed by atoms with Crippen molar-refractivity contribution in [3.05, 3.63) is 18.1 Å². The zero-order valence-corrected chi connectivity index (χ0v) is 9.70. The van der Waals surface area contributed by atoms with Gasteiger partial charge in [-0.3, -0.25) is 0 Å². The molecule has 1 aromatic heterocycles. The number of anilines is 1. The molecular formula is C11H20N4. The molecule has 0 spiro atoms. The van der Waals surface area contributed by atoms with Gasteiger partial charge in [0, 0.05) is 12.2 Å². The van der Waals surface area contributed by atoms with Crippen molar-refractivity contribution in [2.24, 2.45) is 11.7 Å². The molecule has 1 atom stereocenters. The van der Waals surface area contributed by atoms with Crippen LogP contribution in [0.15, 0.2) is 12.3 Å². The second-order valence-electron chi connectivity index (χ2n) is 4.06. The smallest absolute Gasteiger partial charge is 0.129 e. The van der Waals surface area contributed by atoms with Crippen LogP contribution in [-0.4, -0.2) is 22.6 Å². The molecule has 0 aliphatic rings. The Balaban J connectivity index is 2.65. The summed E-state index contributed by atoms with van der Waals surface area (Å²) in [5.41, 5.74) is 5.58. The van der Waals surface area contributed by atoms with E-state index in [9.17, 15) is 0 Å². The highest BCUT2D eigenvalue weighted by Gasteiger charge is 2.12. The Morgan fingerprint density at radius 1 is 1.47 bits per heavy atom. The maximum absolute atomic E-state index is 5.58. The lowest BCUT2D eigenvalue weighted by molar-refractivity contribution is 0.497. The first-order valence-corrected chi connectivity index (χ1v) is 5.39. The molecule has 15 heavy (non-hydrogen) atoms. The maximum atomic E-state index is 5.58. The van der Waals surface area contributed by atoms with Crippen molar-refractivity contribution in [3.63, 3.8) is 0 Å². The third-order valence-electron chi connectivity index (χ3n) is 2.39. The number of rotatable bonds is 5. The predicted molar refractivity (Wildman–Crippen MR) is 62.7 cm³/mol. The summed E-state index contributed by atoms with van der Waals surface area (Å²) in [6.45, 7) is 6.95. The standard InChI is InChI=1S/C11H20N4/c1-8(2)10(4-6-12)15-11-5-7-13-9(3)14-11/h5,7-8,10H,4,6,12H2,1-3H3,(H,13,14,15). The van der Waals surface area contributed by atoms with Crippen LogP contribution in [0.3, 0.4) is 0 Å². The van der Waals surface area contributed by atoms with Gasteiger partial charge in [0.1, 0.15) is 11.6 Å². The van der Waals surface area contributed by atoms with Crippen molar-refractivity contribution in [2.45, 2.75) is 33.2 Å². The number of hydrogen-bond acceptors (Lipinski definition) is 4. The van der Waals surface area contributed by atoms with E-state index >= 15 is 0 Å². The van der Waals surface area contributed by atoms with Gasteiger partial charge in [-0.1, -0.05) is 13.8 Å². The number of nitrogens with zero attached hydrogens (tertiary/aromatic N) is 2. The fourth-order valence-electron chi connectivity index (χ4n) is 1.48. The number of aryl methyl sites for hydroxylation is 1. The van der Waals surface area contributed by atoms with Crippen LogP contribution in [0.4, 0.5) is 5.82 Å². The van der Waals surface area contributed by atoms with Crippen LogP contribution in [0.2, 0.25) is 0 Å². The molecule has 0 saturated heterocycles. The quantitative estimate of drug-likeness (QED) is 0.771. The first kappa shape index (κ1) is 11.9. The van der Waals surface area contributed by atoms with Crippen molar-refractivity contribution in [1.82, 2.24) is 9.97 Å². The maximum Gasteiger partial charge on any atom is 0.129 e.